The fourth-order valence-electron chi connectivity index (χ4n) is 6.33. The monoisotopic (exact) mass is 815 g/mol. The first-order valence-electron chi connectivity index (χ1n) is 23.1. The van der Waals surface area contributed by atoms with E-state index in [4.69, 9.17) is 18.5 Å². The Morgan fingerprint density at radius 1 is 0.536 bits per heavy atom. The number of likely N-dealkylation sites (N-methyl/N-ethyl adjacent to an activating group) is 1. The van der Waals surface area contributed by atoms with Crippen molar-refractivity contribution < 1.29 is 42.1 Å². The molecule has 2 atom stereocenters. The third kappa shape index (κ3) is 42.1. The molecule has 0 saturated heterocycles. The molecule has 10 heteroatoms. The molecule has 0 spiro atoms. The molecule has 330 valence electrons. The number of carbonyl (C=O) groups is 2. The smallest absolute Gasteiger partial charge is 0.462 e. The first-order valence-corrected chi connectivity index (χ1v) is 24.6. The van der Waals surface area contributed by atoms with Gasteiger partial charge in [0.15, 0.2) is 6.10 Å². The lowest BCUT2D eigenvalue weighted by atomic mass is 10.0. The van der Waals surface area contributed by atoms with Crippen molar-refractivity contribution >= 4 is 19.8 Å². The van der Waals surface area contributed by atoms with Crippen LogP contribution in [0.4, 0.5) is 0 Å². The van der Waals surface area contributed by atoms with E-state index >= 15 is 0 Å². The maximum atomic E-state index is 12.6. The van der Waals surface area contributed by atoms with Crippen LogP contribution in [0, 0.1) is 0 Å². The highest BCUT2D eigenvalue weighted by atomic mass is 31.2. The number of phosphoric acid groups is 1. The lowest BCUT2D eigenvalue weighted by molar-refractivity contribution is -0.870. The van der Waals surface area contributed by atoms with Gasteiger partial charge in [-0.05, 0) is 44.9 Å². The third-order valence-electron chi connectivity index (χ3n) is 9.96. The molecule has 0 aromatic rings. The topological polar surface area (TPSA) is 108 Å². The van der Waals surface area contributed by atoms with Gasteiger partial charge in [-0.15, -0.1) is 0 Å². The minimum Gasteiger partial charge on any atom is -0.462 e. The molecule has 56 heavy (non-hydrogen) atoms. The van der Waals surface area contributed by atoms with Crippen LogP contribution in [0.15, 0.2) is 24.3 Å². The molecule has 0 aliphatic heterocycles. The van der Waals surface area contributed by atoms with Crippen molar-refractivity contribution in [3.63, 3.8) is 0 Å². The van der Waals surface area contributed by atoms with Crippen LogP contribution in [0.3, 0.4) is 0 Å². The van der Waals surface area contributed by atoms with Gasteiger partial charge in [-0.3, -0.25) is 18.6 Å². The number of hydrogen-bond acceptors (Lipinski definition) is 7. The van der Waals surface area contributed by atoms with Crippen molar-refractivity contribution in [2.24, 2.45) is 0 Å². The van der Waals surface area contributed by atoms with Crippen LogP contribution < -0.4 is 0 Å². The Kier molecular flexibility index (Phi) is 37.9. The van der Waals surface area contributed by atoms with Crippen molar-refractivity contribution in [3.05, 3.63) is 24.3 Å². The summed E-state index contributed by atoms with van der Waals surface area (Å²) in [5.41, 5.74) is 0. The van der Waals surface area contributed by atoms with Gasteiger partial charge in [0.05, 0.1) is 27.7 Å². The van der Waals surface area contributed by atoms with Gasteiger partial charge in [0.1, 0.15) is 19.8 Å². The maximum Gasteiger partial charge on any atom is 0.472 e. The van der Waals surface area contributed by atoms with Gasteiger partial charge < -0.3 is 18.9 Å². The van der Waals surface area contributed by atoms with E-state index in [1.807, 2.05) is 21.1 Å². The number of rotatable bonds is 42. The Balaban J connectivity index is 4.22. The fraction of sp³-hybridized carbons (Fsp3) is 0.870. The summed E-state index contributed by atoms with van der Waals surface area (Å²) in [4.78, 5) is 35.2. The van der Waals surface area contributed by atoms with E-state index in [0.717, 1.165) is 38.5 Å². The lowest BCUT2D eigenvalue weighted by Crippen LogP contribution is -2.37. The summed E-state index contributed by atoms with van der Waals surface area (Å²) in [5.74, 6) is -0.845. The van der Waals surface area contributed by atoms with E-state index in [9.17, 15) is 19.0 Å². The van der Waals surface area contributed by atoms with Crippen LogP contribution in [0.1, 0.15) is 206 Å². The molecule has 0 radical (unpaired) electrons. The van der Waals surface area contributed by atoms with Crippen molar-refractivity contribution in [2.45, 2.75) is 213 Å². The molecular formula is C46H89NO8P+. The van der Waals surface area contributed by atoms with Crippen LogP contribution in [-0.2, 0) is 32.7 Å². The molecule has 0 rings (SSSR count). The molecule has 1 N–H and O–H groups in total. The summed E-state index contributed by atoms with van der Waals surface area (Å²) in [6.45, 7) is 4.37. The number of phosphoric ester groups is 1. The molecule has 0 saturated carbocycles. The zero-order chi connectivity index (χ0) is 41.4. The van der Waals surface area contributed by atoms with Crippen molar-refractivity contribution in [1.82, 2.24) is 0 Å². The van der Waals surface area contributed by atoms with Crippen LogP contribution in [0.2, 0.25) is 0 Å². The highest BCUT2D eigenvalue weighted by molar-refractivity contribution is 7.47. The SMILES string of the molecule is CCCCCCCCCCCCCCCC/C=C/CC/C=C/CCCC(=O)OC[C@@H](COP(=O)(O)OCC[N+](C)(C)C)OC(=O)CCCCCCCCCCC. The van der Waals surface area contributed by atoms with Gasteiger partial charge in [0, 0.05) is 12.8 Å². The summed E-state index contributed by atoms with van der Waals surface area (Å²) in [5, 5.41) is 0. The molecule has 0 bridgehead atoms. The van der Waals surface area contributed by atoms with E-state index in [-0.39, 0.29) is 26.1 Å². The summed E-state index contributed by atoms with van der Waals surface area (Å²) < 4.78 is 34.2. The Labute approximate surface area is 345 Å². The van der Waals surface area contributed by atoms with Gasteiger partial charge >= 0.3 is 19.8 Å². The molecule has 0 aliphatic rings. The Morgan fingerprint density at radius 2 is 0.946 bits per heavy atom. The first-order chi connectivity index (χ1) is 27.0. The Bertz CT molecular complexity index is 1010. The second-order valence-electron chi connectivity index (χ2n) is 16.8. The molecule has 0 aromatic carbocycles. The molecule has 0 aliphatic carbocycles. The normalized spacial score (nSPS) is 13.8. The summed E-state index contributed by atoms with van der Waals surface area (Å²) in [6, 6.07) is 0. The number of carbonyl (C=O) groups excluding carboxylic acids is 2. The Hall–Kier alpha value is -1.51. The average Bonchev–Trinajstić information content (AvgIpc) is 3.15. The van der Waals surface area contributed by atoms with E-state index in [1.54, 1.807) is 0 Å². The fourth-order valence-corrected chi connectivity index (χ4v) is 7.07. The van der Waals surface area contributed by atoms with E-state index in [0.29, 0.717) is 23.9 Å². The van der Waals surface area contributed by atoms with Crippen LogP contribution in [0.5, 0.6) is 0 Å². The van der Waals surface area contributed by atoms with Crippen LogP contribution in [-0.4, -0.2) is 74.9 Å². The highest BCUT2D eigenvalue weighted by Crippen LogP contribution is 2.43. The molecule has 1 unspecified atom stereocenters. The number of quaternary nitrogens is 1. The predicted octanol–water partition coefficient (Wildman–Crippen LogP) is 13.1. The standard InChI is InChI=1S/C46H88NO8P/c1-6-8-10-12-14-16-17-18-19-20-21-22-23-24-25-26-27-28-29-31-32-34-36-38-45(48)52-42-44(43-54-56(50,51)53-41-40-47(3,4)5)55-46(49)39-37-35-33-30-15-13-11-9-7-2/h26-27,31-32,44H,6-25,28-30,33-43H2,1-5H3/p+1/b27-26+,32-31+/t44-/m0/s1. The summed E-state index contributed by atoms with van der Waals surface area (Å²) in [7, 11) is 1.46. The minimum atomic E-state index is -4.37. The predicted molar refractivity (Wildman–Crippen MR) is 234 cm³/mol. The summed E-state index contributed by atoms with van der Waals surface area (Å²) >= 11 is 0. The minimum absolute atomic E-state index is 0.0278. The van der Waals surface area contributed by atoms with Gasteiger partial charge in [0.25, 0.3) is 0 Å². The number of nitrogens with zero attached hydrogens (tertiary/aromatic N) is 1. The van der Waals surface area contributed by atoms with Crippen molar-refractivity contribution in [3.8, 4) is 0 Å². The second kappa shape index (κ2) is 39.0. The van der Waals surface area contributed by atoms with Crippen LogP contribution in [0.25, 0.3) is 0 Å². The molecule has 0 heterocycles. The van der Waals surface area contributed by atoms with Gasteiger partial charge in [-0.1, -0.05) is 173 Å². The number of ether oxygens (including phenoxy) is 2. The van der Waals surface area contributed by atoms with E-state index in [2.05, 4.69) is 38.2 Å². The van der Waals surface area contributed by atoms with Gasteiger partial charge in [-0.2, -0.15) is 0 Å². The zero-order valence-electron chi connectivity index (χ0n) is 37.1. The largest absolute Gasteiger partial charge is 0.472 e. The van der Waals surface area contributed by atoms with Crippen molar-refractivity contribution in [2.75, 3.05) is 47.5 Å². The number of esters is 2. The first kappa shape index (κ1) is 54.5. The van der Waals surface area contributed by atoms with Gasteiger partial charge in [-0.25, -0.2) is 4.57 Å². The number of allylic oxidation sites excluding steroid dienone is 4. The molecule has 9 nitrogen and oxygen atoms in total. The van der Waals surface area contributed by atoms with E-state index in [1.165, 1.54) is 128 Å². The molecular weight excluding hydrogens is 725 g/mol. The molecule has 0 fully saturated rings. The second-order valence-corrected chi connectivity index (χ2v) is 18.2. The highest BCUT2D eigenvalue weighted by Gasteiger charge is 2.27. The number of unbranched alkanes of at least 4 members (excludes halogenated alkanes) is 24. The lowest BCUT2D eigenvalue weighted by Gasteiger charge is -2.24. The van der Waals surface area contributed by atoms with Gasteiger partial charge in [0.2, 0.25) is 0 Å². The van der Waals surface area contributed by atoms with Crippen LogP contribution >= 0.6 is 7.82 Å². The average molecular weight is 815 g/mol. The van der Waals surface area contributed by atoms with E-state index < -0.39 is 32.5 Å². The quantitative estimate of drug-likeness (QED) is 0.0213. The summed E-state index contributed by atoms with van der Waals surface area (Å²) in [6.07, 6.45) is 42.6. The molecule has 0 aromatic heterocycles. The number of hydrogen-bond donors (Lipinski definition) is 1. The Morgan fingerprint density at radius 3 is 1.43 bits per heavy atom. The zero-order valence-corrected chi connectivity index (χ0v) is 38.0. The van der Waals surface area contributed by atoms with Crippen molar-refractivity contribution in [1.29, 1.82) is 0 Å². The third-order valence-corrected chi connectivity index (χ3v) is 10.9. The maximum absolute atomic E-state index is 12.6. The molecule has 0 amide bonds.